The minimum Gasteiger partial charge on any atom is -0.352 e. The first-order valence-corrected chi connectivity index (χ1v) is 7.22. The van der Waals surface area contributed by atoms with Crippen LogP contribution in [-0.4, -0.2) is 31.9 Å². The van der Waals surface area contributed by atoms with Gasteiger partial charge in [0, 0.05) is 6.04 Å². The largest absolute Gasteiger partial charge is 0.352 e. The Bertz CT molecular complexity index is 431. The zero-order valence-electron chi connectivity index (χ0n) is 8.90. The Morgan fingerprint density at radius 3 is 2.31 bits per heavy atom. The van der Waals surface area contributed by atoms with Crippen LogP contribution in [0.1, 0.15) is 25.7 Å². The zero-order chi connectivity index (χ0) is 11.8. The molecule has 1 aliphatic heterocycles. The molecule has 2 fully saturated rings. The van der Waals surface area contributed by atoms with Crippen LogP contribution in [-0.2, 0) is 14.6 Å². The lowest BCUT2D eigenvalue weighted by atomic mass is 10.1. The van der Waals surface area contributed by atoms with Crippen molar-refractivity contribution in [3.8, 4) is 6.07 Å². The summed E-state index contributed by atoms with van der Waals surface area (Å²) in [5.74, 6) is 0.0499. The highest BCUT2D eigenvalue weighted by molar-refractivity contribution is 7.91. The first-order valence-electron chi connectivity index (χ1n) is 5.40. The smallest absolute Gasteiger partial charge is 0.240 e. The third-order valence-electron chi connectivity index (χ3n) is 3.29. The highest BCUT2D eigenvalue weighted by atomic mass is 32.2. The number of nitriles is 1. The van der Waals surface area contributed by atoms with Crippen molar-refractivity contribution in [2.24, 2.45) is 5.41 Å². The summed E-state index contributed by atoms with van der Waals surface area (Å²) in [6.07, 6.45) is 2.19. The number of hydrogen-bond acceptors (Lipinski definition) is 4. The molecule has 1 N–H and O–H groups in total. The van der Waals surface area contributed by atoms with Crippen molar-refractivity contribution in [3.63, 3.8) is 0 Å². The normalized spacial score (nSPS) is 26.7. The van der Waals surface area contributed by atoms with Crippen LogP contribution in [0.4, 0.5) is 0 Å². The molecule has 5 nitrogen and oxygen atoms in total. The molecule has 0 radical (unpaired) electrons. The molecular weight excluding hydrogens is 228 g/mol. The SMILES string of the molecule is N#CC1(C(=O)NC2CCS(=O)(=O)CC2)CC1. The van der Waals surface area contributed by atoms with Crippen LogP contribution < -0.4 is 5.32 Å². The fraction of sp³-hybridized carbons (Fsp3) is 0.800. The number of nitrogens with one attached hydrogen (secondary N) is 1. The molecule has 1 aliphatic carbocycles. The molecule has 1 amide bonds. The Kier molecular flexibility index (Phi) is 2.66. The van der Waals surface area contributed by atoms with Gasteiger partial charge < -0.3 is 5.32 Å². The van der Waals surface area contributed by atoms with Crippen LogP contribution in [0.3, 0.4) is 0 Å². The minimum absolute atomic E-state index is 0.0816. The Labute approximate surface area is 94.7 Å². The van der Waals surface area contributed by atoms with Crippen LogP contribution in [0.2, 0.25) is 0 Å². The van der Waals surface area contributed by atoms with Crippen molar-refractivity contribution in [1.29, 1.82) is 5.26 Å². The van der Waals surface area contributed by atoms with E-state index in [1.807, 2.05) is 6.07 Å². The summed E-state index contributed by atoms with van der Waals surface area (Å²) in [4.78, 5) is 11.7. The Hall–Kier alpha value is -1.09. The van der Waals surface area contributed by atoms with Gasteiger partial charge in [-0.05, 0) is 25.7 Å². The van der Waals surface area contributed by atoms with Gasteiger partial charge in [0.15, 0.2) is 0 Å². The van der Waals surface area contributed by atoms with E-state index >= 15 is 0 Å². The van der Waals surface area contributed by atoms with Crippen LogP contribution >= 0.6 is 0 Å². The number of nitrogens with zero attached hydrogens (tertiary/aromatic N) is 1. The lowest BCUT2D eigenvalue weighted by Gasteiger charge is -2.23. The highest BCUT2D eigenvalue weighted by Crippen LogP contribution is 2.45. The Morgan fingerprint density at radius 2 is 1.88 bits per heavy atom. The number of amides is 1. The van der Waals surface area contributed by atoms with E-state index in [1.54, 1.807) is 0 Å². The molecule has 1 saturated carbocycles. The van der Waals surface area contributed by atoms with Crippen LogP contribution in [0.5, 0.6) is 0 Å². The second-order valence-corrected chi connectivity index (χ2v) is 6.90. The van der Waals surface area contributed by atoms with Crippen LogP contribution in [0, 0.1) is 16.7 Å². The summed E-state index contributed by atoms with van der Waals surface area (Å²) in [6, 6.07) is 1.95. The maximum atomic E-state index is 11.7. The standard InChI is InChI=1S/C10H14N2O3S/c11-7-10(3-4-10)9(13)12-8-1-5-16(14,15)6-2-8/h8H,1-6H2,(H,12,13). The van der Waals surface area contributed by atoms with Gasteiger partial charge in [-0.15, -0.1) is 0 Å². The number of carbonyl (C=O) groups is 1. The zero-order valence-corrected chi connectivity index (χ0v) is 9.72. The lowest BCUT2D eigenvalue weighted by molar-refractivity contribution is -0.125. The number of sulfone groups is 1. The highest BCUT2D eigenvalue weighted by Gasteiger charge is 2.51. The van der Waals surface area contributed by atoms with Crippen LogP contribution in [0.15, 0.2) is 0 Å². The number of hydrogen-bond donors (Lipinski definition) is 1. The number of carbonyl (C=O) groups excluding carboxylic acids is 1. The molecule has 1 saturated heterocycles. The maximum Gasteiger partial charge on any atom is 0.240 e. The summed E-state index contributed by atoms with van der Waals surface area (Å²) in [7, 11) is -2.89. The summed E-state index contributed by atoms with van der Waals surface area (Å²) >= 11 is 0. The molecule has 0 atom stereocenters. The fourth-order valence-corrected chi connectivity index (χ4v) is 3.36. The predicted molar refractivity (Wildman–Crippen MR) is 57.1 cm³/mol. The van der Waals surface area contributed by atoms with Gasteiger partial charge in [-0.25, -0.2) is 8.42 Å². The van der Waals surface area contributed by atoms with E-state index in [-0.39, 0.29) is 23.5 Å². The van der Waals surface area contributed by atoms with Crippen molar-refractivity contribution in [2.75, 3.05) is 11.5 Å². The molecule has 0 aromatic carbocycles. The fourth-order valence-electron chi connectivity index (χ4n) is 1.87. The van der Waals surface area contributed by atoms with Crippen molar-refractivity contribution in [2.45, 2.75) is 31.7 Å². The van der Waals surface area contributed by atoms with Crippen molar-refractivity contribution in [1.82, 2.24) is 5.32 Å². The second-order valence-electron chi connectivity index (χ2n) is 4.59. The third-order valence-corrected chi connectivity index (χ3v) is 5.00. The van der Waals surface area contributed by atoms with Gasteiger partial charge in [-0.2, -0.15) is 5.26 Å². The van der Waals surface area contributed by atoms with Gasteiger partial charge in [-0.3, -0.25) is 4.79 Å². The van der Waals surface area contributed by atoms with Gasteiger partial charge in [0.2, 0.25) is 5.91 Å². The van der Waals surface area contributed by atoms with Gasteiger partial charge >= 0.3 is 0 Å². The first kappa shape index (κ1) is 11.4. The quantitative estimate of drug-likeness (QED) is 0.737. The van der Waals surface area contributed by atoms with Crippen molar-refractivity contribution >= 4 is 15.7 Å². The molecule has 88 valence electrons. The van der Waals surface area contributed by atoms with Crippen molar-refractivity contribution < 1.29 is 13.2 Å². The summed E-state index contributed by atoms with van der Waals surface area (Å²) < 4.78 is 22.4. The molecule has 6 heteroatoms. The summed E-state index contributed by atoms with van der Waals surface area (Å²) in [6.45, 7) is 0. The van der Waals surface area contributed by atoms with E-state index in [2.05, 4.69) is 5.32 Å². The summed E-state index contributed by atoms with van der Waals surface area (Å²) in [5, 5.41) is 11.6. The van der Waals surface area contributed by atoms with E-state index in [9.17, 15) is 13.2 Å². The molecule has 16 heavy (non-hydrogen) atoms. The topological polar surface area (TPSA) is 87.0 Å². The van der Waals surface area contributed by atoms with Crippen molar-refractivity contribution in [3.05, 3.63) is 0 Å². The van der Waals surface area contributed by atoms with Gasteiger partial charge in [-0.1, -0.05) is 0 Å². The third kappa shape index (κ3) is 2.19. The van der Waals surface area contributed by atoms with Crippen LogP contribution in [0.25, 0.3) is 0 Å². The lowest BCUT2D eigenvalue weighted by Crippen LogP contribution is -2.43. The van der Waals surface area contributed by atoms with Gasteiger partial charge in [0.25, 0.3) is 0 Å². The van der Waals surface area contributed by atoms with E-state index in [0.29, 0.717) is 25.7 Å². The molecular formula is C10H14N2O3S. The molecule has 2 rings (SSSR count). The Balaban J connectivity index is 1.88. The van der Waals surface area contributed by atoms with Gasteiger partial charge in [0.1, 0.15) is 15.3 Å². The average molecular weight is 242 g/mol. The Morgan fingerprint density at radius 1 is 1.31 bits per heavy atom. The molecule has 0 bridgehead atoms. The van der Waals surface area contributed by atoms with E-state index in [0.717, 1.165) is 0 Å². The molecule has 2 aliphatic rings. The molecule has 0 spiro atoms. The minimum atomic E-state index is -2.89. The number of rotatable bonds is 2. The predicted octanol–water partition coefficient (Wildman–Crippen LogP) is -0.0164. The molecule has 0 unspecified atom stereocenters. The first-order chi connectivity index (χ1) is 7.47. The summed E-state index contributed by atoms with van der Waals surface area (Å²) in [5.41, 5.74) is -0.809. The van der Waals surface area contributed by atoms with E-state index < -0.39 is 15.3 Å². The van der Waals surface area contributed by atoms with Gasteiger partial charge in [0.05, 0.1) is 17.6 Å². The second kappa shape index (κ2) is 3.74. The molecule has 1 heterocycles. The van der Waals surface area contributed by atoms with E-state index in [4.69, 9.17) is 5.26 Å². The molecule has 0 aromatic rings. The maximum absolute atomic E-state index is 11.7. The average Bonchev–Trinajstić information content (AvgIpc) is 3.02. The molecule has 0 aromatic heterocycles. The monoisotopic (exact) mass is 242 g/mol. The van der Waals surface area contributed by atoms with E-state index in [1.165, 1.54) is 0 Å².